The van der Waals surface area contributed by atoms with Crippen LogP contribution in [0.25, 0.3) is 0 Å². The molecule has 2 heteroatoms. The Morgan fingerprint density at radius 1 is 1.23 bits per heavy atom. The molecule has 0 fully saturated rings. The molecule has 0 radical (unpaired) electrons. The van der Waals surface area contributed by atoms with Crippen molar-refractivity contribution < 1.29 is 9.53 Å². The standard InChI is InChI=1S/C11H10O2/c12-9-5-2-6-10-13-11-7-3-1-4-8-11/h1,3-4,7-9H,5,10H2. The zero-order chi connectivity index (χ0) is 9.36. The average molecular weight is 174 g/mol. The summed E-state index contributed by atoms with van der Waals surface area (Å²) < 4.78 is 5.26. The van der Waals surface area contributed by atoms with E-state index in [1.807, 2.05) is 30.3 Å². The van der Waals surface area contributed by atoms with Gasteiger partial charge >= 0.3 is 0 Å². The van der Waals surface area contributed by atoms with Crippen molar-refractivity contribution in [1.82, 2.24) is 0 Å². The molecule has 0 aromatic heterocycles. The van der Waals surface area contributed by atoms with Crippen molar-refractivity contribution in [3.8, 4) is 17.6 Å². The van der Waals surface area contributed by atoms with E-state index in [1.165, 1.54) is 0 Å². The summed E-state index contributed by atoms with van der Waals surface area (Å²) in [5.41, 5.74) is 0. The third kappa shape index (κ3) is 3.97. The molecular weight excluding hydrogens is 164 g/mol. The molecule has 2 nitrogen and oxygen atoms in total. The fraction of sp³-hybridized carbons (Fsp3) is 0.182. The Kier molecular flexibility index (Phi) is 4.20. The molecule has 0 bridgehead atoms. The van der Waals surface area contributed by atoms with Gasteiger partial charge in [0.1, 0.15) is 18.6 Å². The van der Waals surface area contributed by atoms with Crippen molar-refractivity contribution in [3.05, 3.63) is 30.3 Å². The molecule has 1 aromatic rings. The molecule has 0 saturated carbocycles. The predicted molar refractivity (Wildman–Crippen MR) is 50.4 cm³/mol. The highest BCUT2D eigenvalue weighted by molar-refractivity contribution is 5.53. The van der Waals surface area contributed by atoms with Crippen molar-refractivity contribution in [1.29, 1.82) is 0 Å². The molecule has 13 heavy (non-hydrogen) atoms. The van der Waals surface area contributed by atoms with Gasteiger partial charge in [0.05, 0.1) is 6.42 Å². The van der Waals surface area contributed by atoms with Gasteiger partial charge in [-0.1, -0.05) is 30.0 Å². The molecule has 0 heterocycles. The zero-order valence-electron chi connectivity index (χ0n) is 7.19. The monoisotopic (exact) mass is 174 g/mol. The fourth-order valence-corrected chi connectivity index (χ4v) is 0.801. The van der Waals surface area contributed by atoms with Gasteiger partial charge in [0, 0.05) is 0 Å². The first-order valence-corrected chi connectivity index (χ1v) is 4.00. The van der Waals surface area contributed by atoms with E-state index in [2.05, 4.69) is 11.8 Å². The van der Waals surface area contributed by atoms with E-state index in [4.69, 9.17) is 4.74 Å². The van der Waals surface area contributed by atoms with Crippen LogP contribution in [0.3, 0.4) is 0 Å². The van der Waals surface area contributed by atoms with Crippen molar-refractivity contribution in [2.24, 2.45) is 0 Å². The zero-order valence-corrected chi connectivity index (χ0v) is 7.19. The Balaban J connectivity index is 2.29. The van der Waals surface area contributed by atoms with Gasteiger partial charge in [-0.2, -0.15) is 0 Å². The lowest BCUT2D eigenvalue weighted by molar-refractivity contribution is -0.107. The Bertz CT molecular complexity index is 306. The minimum atomic E-state index is 0.276. The van der Waals surface area contributed by atoms with Crippen LogP contribution in [0.1, 0.15) is 6.42 Å². The summed E-state index contributed by atoms with van der Waals surface area (Å²) in [6.07, 6.45) is 1.05. The van der Waals surface area contributed by atoms with Gasteiger partial charge < -0.3 is 9.53 Å². The number of rotatable bonds is 3. The lowest BCUT2D eigenvalue weighted by atomic mass is 10.3. The second-order valence-corrected chi connectivity index (χ2v) is 2.33. The maximum absolute atomic E-state index is 9.89. The predicted octanol–water partition coefficient (Wildman–Crippen LogP) is 1.66. The molecule has 0 aliphatic rings. The first-order chi connectivity index (χ1) is 6.43. The van der Waals surface area contributed by atoms with Gasteiger partial charge in [-0.15, -0.1) is 0 Å². The van der Waals surface area contributed by atoms with Gasteiger partial charge in [-0.3, -0.25) is 0 Å². The summed E-state index contributed by atoms with van der Waals surface area (Å²) in [6, 6.07) is 9.44. The maximum Gasteiger partial charge on any atom is 0.149 e. The molecule has 1 rings (SSSR count). The third-order valence-corrected chi connectivity index (χ3v) is 1.36. The summed E-state index contributed by atoms with van der Waals surface area (Å²) in [4.78, 5) is 9.89. The smallest absolute Gasteiger partial charge is 0.149 e. The molecule has 0 aliphatic carbocycles. The molecule has 0 saturated heterocycles. The minimum absolute atomic E-state index is 0.276. The van der Waals surface area contributed by atoms with Crippen LogP contribution in [0.4, 0.5) is 0 Å². The number of carbonyl (C=O) groups is 1. The van der Waals surface area contributed by atoms with Crippen LogP contribution < -0.4 is 4.74 Å². The molecule has 66 valence electrons. The van der Waals surface area contributed by atoms with E-state index in [9.17, 15) is 4.79 Å². The number of carbonyl (C=O) groups excluding carboxylic acids is 1. The van der Waals surface area contributed by atoms with Gasteiger partial charge in [0.15, 0.2) is 0 Å². The highest BCUT2D eigenvalue weighted by Crippen LogP contribution is 2.07. The normalized spacial score (nSPS) is 8.31. The summed E-state index contributed by atoms with van der Waals surface area (Å²) in [5.74, 6) is 6.19. The van der Waals surface area contributed by atoms with Crippen molar-refractivity contribution in [3.63, 3.8) is 0 Å². The van der Waals surface area contributed by atoms with E-state index in [0.717, 1.165) is 12.0 Å². The number of ether oxygens (including phenoxy) is 1. The molecule has 0 atom stereocenters. The number of benzene rings is 1. The second kappa shape index (κ2) is 5.84. The average Bonchev–Trinajstić information content (AvgIpc) is 2.19. The van der Waals surface area contributed by atoms with Crippen molar-refractivity contribution >= 4 is 6.29 Å². The van der Waals surface area contributed by atoms with E-state index >= 15 is 0 Å². The minimum Gasteiger partial charge on any atom is -0.481 e. The molecule has 1 aromatic carbocycles. The number of hydrogen-bond donors (Lipinski definition) is 0. The summed E-state index contributed by atoms with van der Waals surface area (Å²) in [5, 5.41) is 0. The van der Waals surface area contributed by atoms with Gasteiger partial charge in [0.25, 0.3) is 0 Å². The number of para-hydroxylation sites is 1. The maximum atomic E-state index is 9.89. The SMILES string of the molecule is O=CCC#CCOc1ccccc1. The van der Waals surface area contributed by atoms with Crippen LogP contribution in [0.2, 0.25) is 0 Å². The summed E-state index contributed by atoms with van der Waals surface area (Å²) in [6.45, 7) is 0.331. The van der Waals surface area contributed by atoms with E-state index in [1.54, 1.807) is 0 Å². The Hall–Kier alpha value is -1.75. The van der Waals surface area contributed by atoms with Crippen LogP contribution in [0, 0.1) is 11.8 Å². The Morgan fingerprint density at radius 2 is 2.00 bits per heavy atom. The van der Waals surface area contributed by atoms with Crippen LogP contribution >= 0.6 is 0 Å². The highest BCUT2D eigenvalue weighted by Gasteiger charge is 1.86. The number of hydrogen-bond acceptors (Lipinski definition) is 2. The molecule has 0 amide bonds. The lowest BCUT2D eigenvalue weighted by Gasteiger charge is -1.99. The molecule has 0 N–H and O–H groups in total. The van der Waals surface area contributed by atoms with Crippen molar-refractivity contribution in [2.45, 2.75) is 6.42 Å². The Labute approximate surface area is 77.5 Å². The van der Waals surface area contributed by atoms with E-state index in [-0.39, 0.29) is 6.42 Å². The van der Waals surface area contributed by atoms with Gasteiger partial charge in [-0.25, -0.2) is 0 Å². The molecule has 0 aliphatic heterocycles. The van der Waals surface area contributed by atoms with Crippen LogP contribution in [0.15, 0.2) is 30.3 Å². The van der Waals surface area contributed by atoms with Crippen LogP contribution in [-0.2, 0) is 4.79 Å². The quantitative estimate of drug-likeness (QED) is 0.514. The van der Waals surface area contributed by atoms with Crippen LogP contribution in [0.5, 0.6) is 5.75 Å². The number of aldehydes is 1. The van der Waals surface area contributed by atoms with E-state index in [0.29, 0.717) is 6.61 Å². The summed E-state index contributed by atoms with van der Waals surface area (Å²) in [7, 11) is 0. The summed E-state index contributed by atoms with van der Waals surface area (Å²) >= 11 is 0. The fourth-order valence-electron chi connectivity index (χ4n) is 0.801. The molecule has 0 unspecified atom stereocenters. The molecule has 0 spiro atoms. The van der Waals surface area contributed by atoms with Gasteiger partial charge in [-0.05, 0) is 12.1 Å². The van der Waals surface area contributed by atoms with Gasteiger partial charge in [0.2, 0.25) is 0 Å². The topological polar surface area (TPSA) is 26.3 Å². The second-order valence-electron chi connectivity index (χ2n) is 2.33. The third-order valence-electron chi connectivity index (χ3n) is 1.36. The van der Waals surface area contributed by atoms with E-state index < -0.39 is 0 Å². The lowest BCUT2D eigenvalue weighted by Crippen LogP contribution is -1.92. The largest absolute Gasteiger partial charge is 0.481 e. The molecular formula is C11H10O2. The van der Waals surface area contributed by atoms with Crippen molar-refractivity contribution in [2.75, 3.05) is 6.61 Å². The highest BCUT2D eigenvalue weighted by atomic mass is 16.5. The first-order valence-electron chi connectivity index (χ1n) is 4.00. The Morgan fingerprint density at radius 3 is 2.69 bits per heavy atom. The van der Waals surface area contributed by atoms with Crippen LogP contribution in [-0.4, -0.2) is 12.9 Å². The first kappa shape index (κ1) is 9.34.